The minimum absolute atomic E-state index is 0.0678. The molecule has 3 rings (SSSR count). The second kappa shape index (κ2) is 10.3. The molecule has 10 heteroatoms. The van der Waals surface area contributed by atoms with Crippen molar-refractivity contribution >= 4 is 23.2 Å². The Labute approximate surface area is 197 Å². The van der Waals surface area contributed by atoms with E-state index in [2.05, 4.69) is 45.6 Å². The Morgan fingerprint density at radius 2 is 1.91 bits per heavy atom. The smallest absolute Gasteiger partial charge is 0.398 e. The molecular weight excluding hydrogens is 447 g/mol. The first-order chi connectivity index (χ1) is 15.9. The van der Waals surface area contributed by atoms with Gasteiger partial charge >= 0.3 is 6.18 Å². The minimum Gasteiger partial charge on any atom is -0.398 e. The molecule has 1 saturated heterocycles. The standard InChI is InChI=1S/C24H30F3N5O2/c1-15-4-5-16(10-21(15)31(2)3)13-32-9-8-18(14-32)30-22(33)12-29-23(34)19-11-17(24(25,26)27)6-7-20(19)28/h4-7,10-11,18H,8-9,12-14,28H2,1-3H3,(H,29,34)(H,30,33)/t18-/m1/s1. The highest BCUT2D eigenvalue weighted by molar-refractivity contribution is 6.00. The molecule has 2 aromatic rings. The van der Waals surface area contributed by atoms with Gasteiger partial charge < -0.3 is 21.3 Å². The molecule has 0 radical (unpaired) electrons. The number of hydrogen-bond donors (Lipinski definition) is 3. The van der Waals surface area contributed by atoms with Crippen molar-refractivity contribution in [3.8, 4) is 0 Å². The highest BCUT2D eigenvalue weighted by Gasteiger charge is 2.31. The Morgan fingerprint density at radius 3 is 2.59 bits per heavy atom. The number of nitrogens with one attached hydrogen (secondary N) is 2. The van der Waals surface area contributed by atoms with Gasteiger partial charge in [0.05, 0.1) is 17.7 Å². The van der Waals surface area contributed by atoms with E-state index in [1.807, 2.05) is 14.1 Å². The molecule has 7 nitrogen and oxygen atoms in total. The third-order valence-electron chi connectivity index (χ3n) is 5.83. The van der Waals surface area contributed by atoms with Crippen molar-refractivity contribution in [3.05, 3.63) is 58.7 Å². The molecule has 1 heterocycles. The lowest BCUT2D eigenvalue weighted by Crippen LogP contribution is -2.43. The van der Waals surface area contributed by atoms with Gasteiger partial charge in [0, 0.05) is 51.1 Å². The number of hydrogen-bond acceptors (Lipinski definition) is 5. The predicted molar refractivity (Wildman–Crippen MR) is 126 cm³/mol. The normalized spacial score (nSPS) is 16.4. The lowest BCUT2D eigenvalue weighted by Gasteiger charge is -2.20. The first-order valence-corrected chi connectivity index (χ1v) is 11.0. The van der Waals surface area contributed by atoms with Gasteiger partial charge in [-0.3, -0.25) is 14.5 Å². The highest BCUT2D eigenvalue weighted by Crippen LogP contribution is 2.31. The predicted octanol–water partition coefficient (Wildman–Crippen LogP) is 2.78. The topological polar surface area (TPSA) is 90.7 Å². The first kappa shape index (κ1) is 25.4. The summed E-state index contributed by atoms with van der Waals surface area (Å²) >= 11 is 0. The molecule has 0 spiro atoms. The molecule has 1 fully saturated rings. The third-order valence-corrected chi connectivity index (χ3v) is 5.83. The summed E-state index contributed by atoms with van der Waals surface area (Å²) in [7, 11) is 4.02. The molecule has 2 aromatic carbocycles. The zero-order chi connectivity index (χ0) is 25.0. The van der Waals surface area contributed by atoms with E-state index in [1.165, 1.54) is 16.8 Å². The van der Waals surface area contributed by atoms with Crippen LogP contribution in [0.3, 0.4) is 0 Å². The number of alkyl halides is 3. The Bertz CT molecular complexity index is 1060. The van der Waals surface area contributed by atoms with Gasteiger partial charge in [-0.15, -0.1) is 0 Å². The molecule has 0 bridgehead atoms. The second-order valence-corrected chi connectivity index (χ2v) is 8.79. The van der Waals surface area contributed by atoms with Crippen LogP contribution >= 0.6 is 0 Å². The quantitative estimate of drug-likeness (QED) is 0.534. The van der Waals surface area contributed by atoms with Gasteiger partial charge in [0.2, 0.25) is 5.91 Å². The van der Waals surface area contributed by atoms with Crippen molar-refractivity contribution in [2.75, 3.05) is 44.4 Å². The number of anilines is 2. The number of benzene rings is 2. The first-order valence-electron chi connectivity index (χ1n) is 11.0. The van der Waals surface area contributed by atoms with Crippen molar-refractivity contribution in [3.63, 3.8) is 0 Å². The summed E-state index contributed by atoms with van der Waals surface area (Å²) in [6.45, 7) is 3.98. The molecule has 1 aliphatic heterocycles. The van der Waals surface area contributed by atoms with E-state index in [0.29, 0.717) is 12.6 Å². The van der Waals surface area contributed by atoms with Gasteiger partial charge in [0.1, 0.15) is 0 Å². The van der Waals surface area contributed by atoms with Gasteiger partial charge in [0.15, 0.2) is 0 Å². The van der Waals surface area contributed by atoms with E-state index in [1.54, 1.807) is 0 Å². The zero-order valence-corrected chi connectivity index (χ0v) is 19.5. The van der Waals surface area contributed by atoms with Crippen molar-refractivity contribution in [1.82, 2.24) is 15.5 Å². The maximum Gasteiger partial charge on any atom is 0.416 e. The fourth-order valence-corrected chi connectivity index (χ4v) is 4.05. The minimum atomic E-state index is -4.60. The number of likely N-dealkylation sites (tertiary alicyclic amines) is 1. The number of nitrogens with zero attached hydrogens (tertiary/aromatic N) is 2. The number of nitrogens with two attached hydrogens (primary N) is 1. The fourth-order valence-electron chi connectivity index (χ4n) is 4.05. The molecule has 0 unspecified atom stereocenters. The summed E-state index contributed by atoms with van der Waals surface area (Å²) in [6.07, 6.45) is -3.83. The Morgan fingerprint density at radius 1 is 1.18 bits per heavy atom. The molecule has 1 atom stereocenters. The van der Waals surface area contributed by atoms with Crippen LogP contribution in [0, 0.1) is 6.92 Å². The van der Waals surface area contributed by atoms with Crippen molar-refractivity contribution in [2.24, 2.45) is 0 Å². The number of rotatable bonds is 7. The summed E-state index contributed by atoms with van der Waals surface area (Å²) in [6, 6.07) is 8.81. The Kier molecular flexibility index (Phi) is 7.71. The molecule has 0 aliphatic carbocycles. The van der Waals surface area contributed by atoms with Crippen LogP contribution in [0.4, 0.5) is 24.5 Å². The number of amides is 2. The molecule has 0 aromatic heterocycles. The maximum absolute atomic E-state index is 12.9. The van der Waals surface area contributed by atoms with Crippen LogP contribution in [0.15, 0.2) is 36.4 Å². The number of aryl methyl sites for hydroxylation is 1. The van der Waals surface area contributed by atoms with E-state index in [9.17, 15) is 22.8 Å². The van der Waals surface area contributed by atoms with Crippen molar-refractivity contribution in [1.29, 1.82) is 0 Å². The van der Waals surface area contributed by atoms with E-state index in [4.69, 9.17) is 5.73 Å². The maximum atomic E-state index is 12.9. The van der Waals surface area contributed by atoms with E-state index < -0.39 is 23.6 Å². The molecule has 2 amide bonds. The van der Waals surface area contributed by atoms with Crippen LogP contribution in [0.25, 0.3) is 0 Å². The molecule has 4 N–H and O–H groups in total. The lowest BCUT2D eigenvalue weighted by atomic mass is 10.1. The molecule has 184 valence electrons. The Hall–Kier alpha value is -3.27. The molecule has 34 heavy (non-hydrogen) atoms. The van der Waals surface area contributed by atoms with E-state index >= 15 is 0 Å². The number of carbonyl (C=O) groups is 2. The van der Waals surface area contributed by atoms with Crippen LogP contribution in [0.5, 0.6) is 0 Å². The van der Waals surface area contributed by atoms with Crippen molar-refractivity contribution in [2.45, 2.75) is 32.1 Å². The molecule has 0 saturated carbocycles. The largest absolute Gasteiger partial charge is 0.416 e. The van der Waals surface area contributed by atoms with E-state index in [0.717, 1.165) is 31.6 Å². The number of carbonyl (C=O) groups excluding carboxylic acids is 2. The van der Waals surface area contributed by atoms with Crippen LogP contribution < -0.4 is 21.3 Å². The van der Waals surface area contributed by atoms with Crippen molar-refractivity contribution < 1.29 is 22.8 Å². The van der Waals surface area contributed by atoms with Gasteiger partial charge in [0.25, 0.3) is 5.91 Å². The summed E-state index contributed by atoms with van der Waals surface area (Å²) in [4.78, 5) is 28.9. The van der Waals surface area contributed by atoms with Gasteiger partial charge in [-0.1, -0.05) is 12.1 Å². The summed E-state index contributed by atoms with van der Waals surface area (Å²) < 4.78 is 38.7. The Balaban J connectivity index is 1.49. The summed E-state index contributed by atoms with van der Waals surface area (Å²) in [5.41, 5.74) is 7.82. The lowest BCUT2D eigenvalue weighted by molar-refractivity contribution is -0.137. The zero-order valence-electron chi connectivity index (χ0n) is 19.5. The van der Waals surface area contributed by atoms with Crippen LogP contribution in [-0.2, 0) is 17.5 Å². The van der Waals surface area contributed by atoms with E-state index in [-0.39, 0.29) is 23.8 Å². The fraction of sp³-hybridized carbons (Fsp3) is 0.417. The van der Waals surface area contributed by atoms with Gasteiger partial charge in [-0.2, -0.15) is 13.2 Å². The monoisotopic (exact) mass is 477 g/mol. The average Bonchev–Trinajstić information content (AvgIpc) is 3.19. The average molecular weight is 478 g/mol. The number of halogens is 3. The SMILES string of the molecule is Cc1ccc(CN2CC[C@@H](NC(=O)CNC(=O)c3cc(C(F)(F)F)ccc3N)C2)cc1N(C)C. The third kappa shape index (κ3) is 6.40. The molecule has 1 aliphatic rings. The van der Waals surface area contributed by atoms with Gasteiger partial charge in [-0.25, -0.2) is 0 Å². The molecular formula is C24H30F3N5O2. The highest BCUT2D eigenvalue weighted by atomic mass is 19.4. The number of nitrogen functional groups attached to an aromatic ring is 1. The van der Waals surface area contributed by atoms with Gasteiger partial charge in [-0.05, 0) is 48.7 Å². The summed E-state index contributed by atoms with van der Waals surface area (Å²) in [5, 5.41) is 5.22. The summed E-state index contributed by atoms with van der Waals surface area (Å²) in [5.74, 6) is -1.24. The van der Waals surface area contributed by atoms with Crippen LogP contribution in [-0.4, -0.2) is 56.5 Å². The second-order valence-electron chi connectivity index (χ2n) is 8.79. The van der Waals surface area contributed by atoms with Crippen LogP contribution in [0.1, 0.15) is 33.5 Å². The van der Waals surface area contributed by atoms with Crippen LogP contribution in [0.2, 0.25) is 0 Å².